The molecule has 0 saturated heterocycles. The molecule has 0 aliphatic rings. The zero-order valence-electron chi connectivity index (χ0n) is 12.2. The summed E-state index contributed by atoms with van der Waals surface area (Å²) in [5, 5.41) is 7.52. The zero-order chi connectivity index (χ0) is 15.4. The number of anilines is 1. The average molecular weight is 307 g/mol. The largest absolute Gasteiger partial charge is 0.395 e. The molecule has 1 heterocycles. The number of aromatic amines is 1. The van der Waals surface area contributed by atoms with Crippen molar-refractivity contribution in [1.82, 2.24) is 15.1 Å². The predicted octanol–water partition coefficient (Wildman–Crippen LogP) is 2.87. The smallest absolute Gasteiger partial charge is 0.276 e. The lowest BCUT2D eigenvalue weighted by Crippen LogP contribution is -2.31. The molecule has 2 aromatic rings. The molecule has 112 valence electrons. The Labute approximate surface area is 129 Å². The van der Waals surface area contributed by atoms with Gasteiger partial charge in [0, 0.05) is 18.1 Å². The Hall–Kier alpha value is -2.01. The Morgan fingerprint density at radius 1 is 1.43 bits per heavy atom. The monoisotopic (exact) mass is 306 g/mol. The summed E-state index contributed by atoms with van der Waals surface area (Å²) in [6.45, 7) is 4.93. The third-order valence-electron chi connectivity index (χ3n) is 3.37. The molecular weight excluding hydrogens is 288 g/mol. The first kappa shape index (κ1) is 15.4. The van der Waals surface area contributed by atoms with E-state index in [-0.39, 0.29) is 11.6 Å². The third-order valence-corrected chi connectivity index (χ3v) is 3.61. The minimum atomic E-state index is -0.175. The van der Waals surface area contributed by atoms with Crippen molar-refractivity contribution in [3.05, 3.63) is 46.2 Å². The SMILES string of the molecule is CCc1[nH]nc(C(=O)N(CC)Cc2cccc(Cl)c2)c1N. The van der Waals surface area contributed by atoms with Gasteiger partial charge in [0.2, 0.25) is 0 Å². The minimum absolute atomic E-state index is 0.175. The van der Waals surface area contributed by atoms with E-state index in [1.807, 2.05) is 38.1 Å². The summed E-state index contributed by atoms with van der Waals surface area (Å²) >= 11 is 5.97. The Balaban J connectivity index is 2.20. The van der Waals surface area contributed by atoms with Crippen LogP contribution in [0, 0.1) is 0 Å². The molecular formula is C15H19ClN4O. The van der Waals surface area contributed by atoms with Gasteiger partial charge in [0.1, 0.15) is 0 Å². The zero-order valence-corrected chi connectivity index (χ0v) is 12.9. The maximum Gasteiger partial charge on any atom is 0.276 e. The molecule has 0 spiro atoms. The number of nitrogens with one attached hydrogen (secondary N) is 1. The van der Waals surface area contributed by atoms with E-state index in [9.17, 15) is 4.79 Å². The van der Waals surface area contributed by atoms with Crippen LogP contribution in [0.3, 0.4) is 0 Å². The van der Waals surface area contributed by atoms with Gasteiger partial charge < -0.3 is 10.6 Å². The van der Waals surface area contributed by atoms with Crippen LogP contribution in [0.25, 0.3) is 0 Å². The van der Waals surface area contributed by atoms with E-state index in [0.717, 1.165) is 11.3 Å². The lowest BCUT2D eigenvalue weighted by molar-refractivity contribution is 0.0747. The second kappa shape index (κ2) is 6.63. The highest BCUT2D eigenvalue weighted by atomic mass is 35.5. The highest BCUT2D eigenvalue weighted by molar-refractivity contribution is 6.30. The van der Waals surface area contributed by atoms with Gasteiger partial charge in [-0.15, -0.1) is 0 Å². The van der Waals surface area contributed by atoms with E-state index in [0.29, 0.717) is 30.2 Å². The number of carbonyl (C=O) groups is 1. The fourth-order valence-electron chi connectivity index (χ4n) is 2.15. The molecule has 5 nitrogen and oxygen atoms in total. The average Bonchev–Trinajstić information content (AvgIpc) is 2.85. The maximum atomic E-state index is 12.5. The number of nitrogens with zero attached hydrogens (tertiary/aromatic N) is 2. The molecule has 1 amide bonds. The van der Waals surface area contributed by atoms with E-state index in [1.165, 1.54) is 0 Å². The number of nitrogens with two attached hydrogens (primary N) is 1. The summed E-state index contributed by atoms with van der Waals surface area (Å²) in [6, 6.07) is 7.46. The molecule has 0 fully saturated rings. The molecule has 1 aromatic carbocycles. The molecule has 0 bridgehead atoms. The highest BCUT2D eigenvalue weighted by Crippen LogP contribution is 2.18. The minimum Gasteiger partial charge on any atom is -0.395 e. The molecule has 0 aliphatic carbocycles. The summed E-state index contributed by atoms with van der Waals surface area (Å²) in [5.41, 5.74) is 8.45. The molecule has 0 unspecified atom stereocenters. The van der Waals surface area contributed by atoms with Crippen LogP contribution < -0.4 is 5.73 Å². The van der Waals surface area contributed by atoms with Gasteiger partial charge in [-0.1, -0.05) is 30.7 Å². The fraction of sp³-hybridized carbons (Fsp3) is 0.333. The van der Waals surface area contributed by atoms with Gasteiger partial charge in [-0.3, -0.25) is 9.89 Å². The van der Waals surface area contributed by atoms with Crippen LogP contribution in [0.2, 0.25) is 5.02 Å². The van der Waals surface area contributed by atoms with E-state index < -0.39 is 0 Å². The van der Waals surface area contributed by atoms with E-state index >= 15 is 0 Å². The van der Waals surface area contributed by atoms with Crippen molar-refractivity contribution in [1.29, 1.82) is 0 Å². The first-order valence-corrected chi connectivity index (χ1v) is 7.31. The van der Waals surface area contributed by atoms with Crippen molar-refractivity contribution in [3.8, 4) is 0 Å². The Morgan fingerprint density at radius 2 is 2.19 bits per heavy atom. The summed E-state index contributed by atoms with van der Waals surface area (Å²) < 4.78 is 0. The second-order valence-electron chi connectivity index (χ2n) is 4.77. The van der Waals surface area contributed by atoms with Gasteiger partial charge in [-0.25, -0.2) is 0 Å². The van der Waals surface area contributed by atoms with E-state index in [4.69, 9.17) is 17.3 Å². The van der Waals surface area contributed by atoms with Gasteiger partial charge in [0.25, 0.3) is 5.91 Å². The standard InChI is InChI=1S/C15H19ClN4O/c1-3-12-13(17)14(19-18-12)15(21)20(4-2)9-10-6-5-7-11(16)8-10/h5-8H,3-4,9,17H2,1-2H3,(H,18,19). The highest BCUT2D eigenvalue weighted by Gasteiger charge is 2.21. The van der Waals surface area contributed by atoms with Crippen LogP contribution in [0.4, 0.5) is 5.69 Å². The normalized spacial score (nSPS) is 10.6. The van der Waals surface area contributed by atoms with Crippen LogP contribution in [0.5, 0.6) is 0 Å². The maximum absolute atomic E-state index is 12.5. The fourth-order valence-corrected chi connectivity index (χ4v) is 2.36. The third kappa shape index (κ3) is 3.36. The molecule has 6 heteroatoms. The van der Waals surface area contributed by atoms with Crippen molar-refractivity contribution < 1.29 is 4.79 Å². The number of aryl methyl sites for hydroxylation is 1. The quantitative estimate of drug-likeness (QED) is 0.892. The number of amides is 1. The first-order chi connectivity index (χ1) is 10.1. The summed E-state index contributed by atoms with van der Waals surface area (Å²) in [6.07, 6.45) is 0.715. The van der Waals surface area contributed by atoms with Crippen LogP contribution in [0.15, 0.2) is 24.3 Å². The molecule has 2 rings (SSSR count). The van der Waals surface area contributed by atoms with E-state index in [1.54, 1.807) is 4.90 Å². The number of rotatable bonds is 5. The van der Waals surface area contributed by atoms with Gasteiger partial charge >= 0.3 is 0 Å². The summed E-state index contributed by atoms with van der Waals surface area (Å²) in [7, 11) is 0. The van der Waals surface area contributed by atoms with Crippen LogP contribution in [-0.4, -0.2) is 27.5 Å². The number of hydrogen-bond acceptors (Lipinski definition) is 3. The molecule has 0 saturated carbocycles. The number of benzene rings is 1. The number of aromatic nitrogens is 2. The van der Waals surface area contributed by atoms with Crippen molar-refractivity contribution in [3.63, 3.8) is 0 Å². The van der Waals surface area contributed by atoms with Crippen LogP contribution >= 0.6 is 11.6 Å². The lowest BCUT2D eigenvalue weighted by Gasteiger charge is -2.20. The van der Waals surface area contributed by atoms with E-state index in [2.05, 4.69) is 10.2 Å². The molecule has 1 aromatic heterocycles. The molecule has 21 heavy (non-hydrogen) atoms. The van der Waals surface area contributed by atoms with Gasteiger partial charge in [-0.05, 0) is 31.0 Å². The van der Waals surface area contributed by atoms with Gasteiger partial charge in [-0.2, -0.15) is 5.10 Å². The molecule has 0 atom stereocenters. The number of hydrogen-bond donors (Lipinski definition) is 2. The number of H-pyrrole nitrogens is 1. The lowest BCUT2D eigenvalue weighted by atomic mass is 10.2. The number of carbonyl (C=O) groups excluding carboxylic acids is 1. The molecule has 3 N–H and O–H groups in total. The summed E-state index contributed by atoms with van der Waals surface area (Å²) in [4.78, 5) is 14.2. The Morgan fingerprint density at radius 3 is 2.76 bits per heavy atom. The Kier molecular flexibility index (Phi) is 4.85. The summed E-state index contributed by atoms with van der Waals surface area (Å²) in [5.74, 6) is -0.175. The van der Waals surface area contributed by atoms with Crippen molar-refractivity contribution >= 4 is 23.2 Å². The molecule has 0 aliphatic heterocycles. The van der Waals surface area contributed by atoms with Gasteiger partial charge in [0.05, 0.1) is 11.4 Å². The first-order valence-electron chi connectivity index (χ1n) is 6.93. The van der Waals surface area contributed by atoms with Crippen molar-refractivity contribution in [2.24, 2.45) is 0 Å². The topological polar surface area (TPSA) is 75.0 Å². The number of nitrogen functional groups attached to an aromatic ring is 1. The second-order valence-corrected chi connectivity index (χ2v) is 5.20. The predicted molar refractivity (Wildman–Crippen MR) is 84.2 cm³/mol. The van der Waals surface area contributed by atoms with Gasteiger partial charge in [0.15, 0.2) is 5.69 Å². The van der Waals surface area contributed by atoms with Crippen LogP contribution in [-0.2, 0) is 13.0 Å². The molecule has 0 radical (unpaired) electrons. The Bertz CT molecular complexity index is 638. The van der Waals surface area contributed by atoms with Crippen LogP contribution in [0.1, 0.15) is 35.6 Å². The van der Waals surface area contributed by atoms with Crippen molar-refractivity contribution in [2.75, 3.05) is 12.3 Å². The number of halogens is 1. The van der Waals surface area contributed by atoms with Crippen molar-refractivity contribution in [2.45, 2.75) is 26.8 Å².